The van der Waals surface area contributed by atoms with Crippen LogP contribution in [-0.4, -0.2) is 31.3 Å². The summed E-state index contributed by atoms with van der Waals surface area (Å²) in [6, 6.07) is 1.42. The lowest BCUT2D eigenvalue weighted by molar-refractivity contribution is 0.122. The molecule has 3 nitrogen and oxygen atoms in total. The van der Waals surface area contributed by atoms with E-state index >= 15 is 0 Å². The Morgan fingerprint density at radius 2 is 2.20 bits per heavy atom. The van der Waals surface area contributed by atoms with Gasteiger partial charge in [-0.25, -0.2) is 9.37 Å². The van der Waals surface area contributed by atoms with E-state index in [2.05, 4.69) is 10.9 Å². The quantitative estimate of drug-likeness (QED) is 0.642. The largest absolute Gasteiger partial charge is 0.378 e. The molecule has 2 heterocycles. The summed E-state index contributed by atoms with van der Waals surface area (Å²) >= 11 is 0. The molecule has 0 atom stereocenters. The fourth-order valence-corrected chi connectivity index (χ4v) is 1.53. The van der Waals surface area contributed by atoms with Crippen molar-refractivity contribution in [3.05, 3.63) is 23.8 Å². The van der Waals surface area contributed by atoms with Crippen LogP contribution < -0.4 is 4.90 Å². The Morgan fingerprint density at radius 1 is 1.47 bits per heavy atom. The van der Waals surface area contributed by atoms with Gasteiger partial charge in [0.15, 0.2) is 5.82 Å². The fraction of sp³-hybridized carbons (Fsp3) is 0.364. The van der Waals surface area contributed by atoms with Crippen molar-refractivity contribution < 1.29 is 9.13 Å². The number of morpholine rings is 1. The fourth-order valence-electron chi connectivity index (χ4n) is 1.53. The Labute approximate surface area is 87.9 Å². The summed E-state index contributed by atoms with van der Waals surface area (Å²) < 4.78 is 18.6. The number of halogens is 1. The van der Waals surface area contributed by atoms with Crippen LogP contribution in [0.2, 0.25) is 0 Å². The van der Waals surface area contributed by atoms with E-state index in [-0.39, 0.29) is 5.69 Å². The SMILES string of the molecule is C#Cc1ncc(N2CCOCC2)cc1F. The summed E-state index contributed by atoms with van der Waals surface area (Å²) in [6.45, 7) is 2.85. The van der Waals surface area contributed by atoms with Gasteiger partial charge in [0, 0.05) is 19.2 Å². The van der Waals surface area contributed by atoms with E-state index in [1.807, 2.05) is 4.90 Å². The highest BCUT2D eigenvalue weighted by Crippen LogP contribution is 2.17. The lowest BCUT2D eigenvalue weighted by Crippen LogP contribution is -2.36. The van der Waals surface area contributed by atoms with Crippen LogP contribution >= 0.6 is 0 Å². The highest BCUT2D eigenvalue weighted by atomic mass is 19.1. The molecule has 0 unspecified atom stereocenters. The first kappa shape index (κ1) is 9.94. The second-order valence-electron chi connectivity index (χ2n) is 3.27. The van der Waals surface area contributed by atoms with Gasteiger partial charge in [0.1, 0.15) is 5.69 Å². The molecule has 1 aliphatic rings. The van der Waals surface area contributed by atoms with Crippen molar-refractivity contribution in [1.82, 2.24) is 4.98 Å². The normalized spacial score (nSPS) is 16.1. The predicted octanol–water partition coefficient (Wildman–Crippen LogP) is 1.04. The summed E-state index contributed by atoms with van der Waals surface area (Å²) in [6.07, 6.45) is 6.69. The van der Waals surface area contributed by atoms with Crippen LogP contribution in [0, 0.1) is 18.2 Å². The number of pyridine rings is 1. The predicted molar refractivity (Wildman–Crippen MR) is 55.2 cm³/mol. The number of rotatable bonds is 1. The maximum Gasteiger partial charge on any atom is 0.159 e. The van der Waals surface area contributed by atoms with Crippen molar-refractivity contribution in [3.8, 4) is 12.3 Å². The molecule has 2 rings (SSSR count). The third-order valence-corrected chi connectivity index (χ3v) is 2.34. The van der Waals surface area contributed by atoms with Crippen molar-refractivity contribution >= 4 is 5.69 Å². The number of hydrogen-bond donors (Lipinski definition) is 0. The zero-order valence-corrected chi connectivity index (χ0v) is 8.24. The molecule has 0 aliphatic carbocycles. The van der Waals surface area contributed by atoms with Crippen molar-refractivity contribution in [3.63, 3.8) is 0 Å². The summed E-state index contributed by atoms with van der Waals surface area (Å²) in [5, 5.41) is 0. The molecule has 4 heteroatoms. The molecule has 0 amide bonds. The van der Waals surface area contributed by atoms with Crippen molar-refractivity contribution in [2.75, 3.05) is 31.2 Å². The maximum atomic E-state index is 13.3. The molecule has 1 aromatic rings. The maximum absolute atomic E-state index is 13.3. The summed E-state index contributed by atoms with van der Waals surface area (Å²) in [4.78, 5) is 5.91. The molecular weight excluding hydrogens is 195 g/mol. The number of anilines is 1. The Balaban J connectivity index is 2.22. The Bertz CT molecular complexity index is 394. The highest BCUT2D eigenvalue weighted by molar-refractivity contribution is 5.47. The van der Waals surface area contributed by atoms with Gasteiger partial charge in [-0.15, -0.1) is 6.42 Å². The van der Waals surface area contributed by atoms with E-state index < -0.39 is 5.82 Å². The first-order chi connectivity index (χ1) is 7.31. The lowest BCUT2D eigenvalue weighted by atomic mass is 10.3. The number of aromatic nitrogens is 1. The van der Waals surface area contributed by atoms with Gasteiger partial charge in [-0.1, -0.05) is 0 Å². The smallest absolute Gasteiger partial charge is 0.159 e. The van der Waals surface area contributed by atoms with E-state index in [0.29, 0.717) is 13.2 Å². The Hall–Kier alpha value is -1.60. The van der Waals surface area contributed by atoms with Crippen LogP contribution in [0.25, 0.3) is 0 Å². The number of ether oxygens (including phenoxy) is 1. The molecule has 1 aliphatic heterocycles. The van der Waals surface area contributed by atoms with E-state index in [1.54, 1.807) is 6.20 Å². The Kier molecular flexibility index (Phi) is 2.84. The minimum Gasteiger partial charge on any atom is -0.378 e. The van der Waals surface area contributed by atoms with Gasteiger partial charge in [0.05, 0.1) is 25.1 Å². The first-order valence-corrected chi connectivity index (χ1v) is 4.76. The Morgan fingerprint density at radius 3 is 2.80 bits per heavy atom. The van der Waals surface area contributed by atoms with Crippen LogP contribution in [-0.2, 0) is 4.74 Å². The molecule has 0 bridgehead atoms. The van der Waals surface area contributed by atoms with E-state index in [0.717, 1.165) is 18.8 Å². The van der Waals surface area contributed by atoms with Gasteiger partial charge in [0.25, 0.3) is 0 Å². The van der Waals surface area contributed by atoms with Crippen molar-refractivity contribution in [2.24, 2.45) is 0 Å². The molecule has 0 N–H and O–H groups in total. The minimum atomic E-state index is -0.443. The number of nitrogens with zero attached hydrogens (tertiary/aromatic N) is 2. The van der Waals surface area contributed by atoms with E-state index in [1.165, 1.54) is 6.07 Å². The lowest BCUT2D eigenvalue weighted by Gasteiger charge is -2.28. The standard InChI is InChI=1S/C11H11FN2O/c1-2-11-10(12)7-9(8-13-11)14-3-5-15-6-4-14/h1,7-8H,3-6H2. The van der Waals surface area contributed by atoms with Crippen LogP contribution in [0.15, 0.2) is 12.3 Å². The second kappa shape index (κ2) is 4.28. The van der Waals surface area contributed by atoms with Crippen LogP contribution in [0.3, 0.4) is 0 Å². The summed E-state index contributed by atoms with van der Waals surface area (Å²) in [5.74, 6) is 1.75. The molecule has 1 fully saturated rings. The van der Waals surface area contributed by atoms with Crippen LogP contribution in [0.1, 0.15) is 5.69 Å². The summed E-state index contributed by atoms with van der Waals surface area (Å²) in [7, 11) is 0. The monoisotopic (exact) mass is 206 g/mol. The average Bonchev–Trinajstić information content (AvgIpc) is 2.30. The minimum absolute atomic E-state index is 0.0620. The molecule has 1 saturated heterocycles. The zero-order valence-electron chi connectivity index (χ0n) is 8.24. The highest BCUT2D eigenvalue weighted by Gasteiger charge is 2.13. The zero-order chi connectivity index (χ0) is 10.7. The molecule has 15 heavy (non-hydrogen) atoms. The summed E-state index contributed by atoms with van der Waals surface area (Å²) in [5.41, 5.74) is 0.821. The van der Waals surface area contributed by atoms with Crippen LogP contribution in [0.4, 0.5) is 10.1 Å². The van der Waals surface area contributed by atoms with Gasteiger partial charge in [-0.2, -0.15) is 0 Å². The van der Waals surface area contributed by atoms with Crippen molar-refractivity contribution in [2.45, 2.75) is 0 Å². The third-order valence-electron chi connectivity index (χ3n) is 2.34. The number of terminal acetylenes is 1. The second-order valence-corrected chi connectivity index (χ2v) is 3.27. The molecule has 78 valence electrons. The van der Waals surface area contributed by atoms with Gasteiger partial charge < -0.3 is 9.64 Å². The topological polar surface area (TPSA) is 25.4 Å². The molecule has 0 radical (unpaired) electrons. The van der Waals surface area contributed by atoms with Gasteiger partial charge in [-0.05, 0) is 5.92 Å². The van der Waals surface area contributed by atoms with E-state index in [4.69, 9.17) is 11.2 Å². The molecule has 0 saturated carbocycles. The third kappa shape index (κ3) is 2.08. The van der Waals surface area contributed by atoms with Gasteiger partial charge >= 0.3 is 0 Å². The van der Waals surface area contributed by atoms with Crippen LogP contribution in [0.5, 0.6) is 0 Å². The average molecular weight is 206 g/mol. The van der Waals surface area contributed by atoms with E-state index in [9.17, 15) is 4.39 Å². The molecule has 0 aromatic carbocycles. The number of hydrogen-bond acceptors (Lipinski definition) is 3. The molecular formula is C11H11FN2O. The molecule has 0 spiro atoms. The molecule has 1 aromatic heterocycles. The first-order valence-electron chi connectivity index (χ1n) is 4.76. The van der Waals surface area contributed by atoms with Crippen molar-refractivity contribution in [1.29, 1.82) is 0 Å². The van der Waals surface area contributed by atoms with Gasteiger partial charge in [0.2, 0.25) is 0 Å². The van der Waals surface area contributed by atoms with Gasteiger partial charge in [-0.3, -0.25) is 0 Å².